The van der Waals surface area contributed by atoms with Gasteiger partial charge in [-0.05, 0) is 6.54 Å². The summed E-state index contributed by atoms with van der Waals surface area (Å²) in [4.78, 5) is 8.08. The summed E-state index contributed by atoms with van der Waals surface area (Å²) in [6, 6.07) is 0. The Morgan fingerprint density at radius 3 is 3.00 bits per heavy atom. The van der Waals surface area contributed by atoms with Crippen molar-refractivity contribution in [1.29, 1.82) is 0 Å². The molecule has 0 amide bonds. The van der Waals surface area contributed by atoms with Crippen molar-refractivity contribution in [2.45, 2.75) is 6.42 Å². The van der Waals surface area contributed by atoms with Crippen LogP contribution in [-0.2, 0) is 6.42 Å². The Morgan fingerprint density at radius 2 is 2.31 bits per heavy atom. The van der Waals surface area contributed by atoms with Gasteiger partial charge in [0.05, 0.1) is 0 Å². The van der Waals surface area contributed by atoms with E-state index in [9.17, 15) is 0 Å². The van der Waals surface area contributed by atoms with Crippen molar-refractivity contribution in [3.05, 3.63) is 12.2 Å². The number of H-pyrrole nitrogens is 2. The van der Waals surface area contributed by atoms with Gasteiger partial charge in [-0.3, -0.25) is 10.2 Å². The molecule has 0 fully saturated rings. The minimum Gasteiger partial charge on any atom is -0.330 e. The molecule has 0 bridgehead atoms. The molecule has 2 heterocycles. The molecule has 4 N–H and O–H groups in total. The molecule has 0 saturated carbocycles. The van der Waals surface area contributed by atoms with Crippen LogP contribution in [0.3, 0.4) is 0 Å². The van der Waals surface area contributed by atoms with Crippen molar-refractivity contribution in [2.24, 2.45) is 5.73 Å². The number of nitrogens with zero attached hydrogens (tertiary/aromatic N) is 4. The molecule has 2 aromatic heterocycles. The van der Waals surface area contributed by atoms with Gasteiger partial charge in [-0.2, -0.15) is 5.10 Å². The van der Waals surface area contributed by atoms with Crippen LogP contribution >= 0.6 is 0 Å². The summed E-state index contributed by atoms with van der Waals surface area (Å²) in [6.45, 7) is 0.547. The Hall–Kier alpha value is -1.76. The van der Waals surface area contributed by atoms with Gasteiger partial charge in [0.25, 0.3) is 0 Å². The number of aromatic nitrogens is 6. The van der Waals surface area contributed by atoms with E-state index in [1.807, 2.05) is 0 Å². The number of aromatic amines is 2. The standard InChI is InChI=1S/C6H9N7/c7-2-1-4-10-6(13-11-4)5-8-3-9-12-5/h3H,1-2,7H2,(H,8,9,12)(H,10,11,13). The van der Waals surface area contributed by atoms with Crippen LogP contribution in [0.1, 0.15) is 5.82 Å². The van der Waals surface area contributed by atoms with Gasteiger partial charge in [-0.1, -0.05) is 0 Å². The summed E-state index contributed by atoms with van der Waals surface area (Å²) < 4.78 is 0. The number of nitrogens with one attached hydrogen (secondary N) is 2. The molecule has 0 spiro atoms. The SMILES string of the molecule is NCCc1nc(-c2ncn[nH]2)n[nH]1. The fraction of sp³-hybridized carbons (Fsp3) is 0.333. The van der Waals surface area contributed by atoms with Crippen LogP contribution < -0.4 is 5.73 Å². The number of hydrogen-bond acceptors (Lipinski definition) is 5. The minimum absolute atomic E-state index is 0.515. The van der Waals surface area contributed by atoms with E-state index < -0.39 is 0 Å². The van der Waals surface area contributed by atoms with Crippen molar-refractivity contribution in [2.75, 3.05) is 6.54 Å². The van der Waals surface area contributed by atoms with E-state index in [1.165, 1.54) is 6.33 Å². The first-order chi connectivity index (χ1) is 6.40. The summed E-state index contributed by atoms with van der Waals surface area (Å²) in [5.41, 5.74) is 5.36. The summed E-state index contributed by atoms with van der Waals surface area (Å²) in [5.74, 6) is 1.83. The lowest BCUT2D eigenvalue weighted by Gasteiger charge is -1.86. The molecule has 68 valence electrons. The Bertz CT molecular complexity index is 362. The molecule has 7 heteroatoms. The van der Waals surface area contributed by atoms with E-state index in [4.69, 9.17) is 5.73 Å². The van der Waals surface area contributed by atoms with Gasteiger partial charge in [0.2, 0.25) is 5.82 Å². The number of hydrogen-bond donors (Lipinski definition) is 3. The lowest BCUT2D eigenvalue weighted by molar-refractivity contribution is 0.874. The van der Waals surface area contributed by atoms with Crippen LogP contribution in [0.25, 0.3) is 11.6 Å². The van der Waals surface area contributed by atoms with Crippen LogP contribution in [-0.4, -0.2) is 36.9 Å². The van der Waals surface area contributed by atoms with Crippen LogP contribution in [0.4, 0.5) is 0 Å². The van der Waals surface area contributed by atoms with Crippen molar-refractivity contribution in [3.63, 3.8) is 0 Å². The first-order valence-corrected chi connectivity index (χ1v) is 3.87. The van der Waals surface area contributed by atoms with Crippen LogP contribution in [0.2, 0.25) is 0 Å². The molecule has 2 rings (SSSR count). The van der Waals surface area contributed by atoms with Crippen molar-refractivity contribution in [3.8, 4) is 11.6 Å². The summed E-state index contributed by atoms with van der Waals surface area (Å²) >= 11 is 0. The average molecular weight is 179 g/mol. The molecule has 2 aromatic rings. The maximum absolute atomic E-state index is 5.36. The number of rotatable bonds is 3. The van der Waals surface area contributed by atoms with E-state index in [2.05, 4.69) is 30.4 Å². The van der Waals surface area contributed by atoms with Crippen molar-refractivity contribution >= 4 is 0 Å². The number of nitrogens with two attached hydrogens (primary N) is 1. The zero-order valence-corrected chi connectivity index (χ0v) is 6.86. The predicted octanol–water partition coefficient (Wildman–Crippen LogP) is -0.909. The van der Waals surface area contributed by atoms with Gasteiger partial charge >= 0.3 is 0 Å². The summed E-state index contributed by atoms with van der Waals surface area (Å²) in [7, 11) is 0. The van der Waals surface area contributed by atoms with Gasteiger partial charge in [0, 0.05) is 6.42 Å². The second kappa shape index (κ2) is 3.31. The maximum atomic E-state index is 5.36. The second-order valence-corrected chi connectivity index (χ2v) is 2.48. The molecular weight excluding hydrogens is 170 g/mol. The molecule has 0 aromatic carbocycles. The van der Waals surface area contributed by atoms with Crippen LogP contribution in [0.15, 0.2) is 6.33 Å². The van der Waals surface area contributed by atoms with Crippen LogP contribution in [0.5, 0.6) is 0 Å². The van der Waals surface area contributed by atoms with E-state index in [0.717, 1.165) is 5.82 Å². The molecule has 7 nitrogen and oxygen atoms in total. The molecular formula is C6H9N7. The molecule has 0 saturated heterocycles. The highest BCUT2D eigenvalue weighted by Crippen LogP contribution is 2.05. The van der Waals surface area contributed by atoms with Gasteiger partial charge in [0.1, 0.15) is 12.2 Å². The second-order valence-electron chi connectivity index (χ2n) is 2.48. The predicted molar refractivity (Wildman–Crippen MR) is 44.5 cm³/mol. The molecule has 0 aliphatic carbocycles. The Morgan fingerprint density at radius 1 is 1.38 bits per heavy atom. The molecule has 0 radical (unpaired) electrons. The highest BCUT2D eigenvalue weighted by molar-refractivity contribution is 5.40. The van der Waals surface area contributed by atoms with E-state index in [-0.39, 0.29) is 0 Å². The van der Waals surface area contributed by atoms with Gasteiger partial charge in [0.15, 0.2) is 5.82 Å². The lowest BCUT2D eigenvalue weighted by Crippen LogP contribution is -2.03. The Labute approximate surface area is 73.8 Å². The molecule has 0 atom stereocenters. The first kappa shape index (κ1) is 7.87. The highest BCUT2D eigenvalue weighted by atomic mass is 15.3. The maximum Gasteiger partial charge on any atom is 0.218 e. The van der Waals surface area contributed by atoms with Crippen molar-refractivity contribution in [1.82, 2.24) is 30.4 Å². The van der Waals surface area contributed by atoms with Crippen molar-refractivity contribution < 1.29 is 0 Å². The monoisotopic (exact) mass is 179 g/mol. The van der Waals surface area contributed by atoms with Gasteiger partial charge < -0.3 is 5.73 Å². The van der Waals surface area contributed by atoms with Gasteiger partial charge in [-0.25, -0.2) is 9.97 Å². The van der Waals surface area contributed by atoms with Crippen LogP contribution in [0, 0.1) is 0 Å². The third-order valence-electron chi connectivity index (χ3n) is 1.54. The summed E-state index contributed by atoms with van der Waals surface area (Å²) in [6.07, 6.45) is 2.09. The fourth-order valence-electron chi connectivity index (χ4n) is 0.963. The molecule has 13 heavy (non-hydrogen) atoms. The first-order valence-electron chi connectivity index (χ1n) is 3.87. The lowest BCUT2D eigenvalue weighted by atomic mass is 10.4. The third kappa shape index (κ3) is 1.54. The Kier molecular flexibility index (Phi) is 2.01. The Balaban J connectivity index is 2.23. The van der Waals surface area contributed by atoms with E-state index in [0.29, 0.717) is 24.6 Å². The largest absolute Gasteiger partial charge is 0.330 e. The zero-order valence-electron chi connectivity index (χ0n) is 6.86. The molecule has 0 aliphatic rings. The van der Waals surface area contributed by atoms with E-state index >= 15 is 0 Å². The molecule has 0 aliphatic heterocycles. The topological polar surface area (TPSA) is 109 Å². The quantitative estimate of drug-likeness (QED) is 0.565. The fourth-order valence-corrected chi connectivity index (χ4v) is 0.963. The minimum atomic E-state index is 0.515. The highest BCUT2D eigenvalue weighted by Gasteiger charge is 2.06. The summed E-state index contributed by atoms with van der Waals surface area (Å²) in [5, 5.41) is 13.1. The van der Waals surface area contributed by atoms with Gasteiger partial charge in [-0.15, -0.1) is 5.10 Å². The van der Waals surface area contributed by atoms with E-state index in [1.54, 1.807) is 0 Å². The third-order valence-corrected chi connectivity index (χ3v) is 1.54. The molecule has 0 unspecified atom stereocenters. The smallest absolute Gasteiger partial charge is 0.218 e. The average Bonchev–Trinajstić information content (AvgIpc) is 2.70. The zero-order chi connectivity index (χ0) is 9.10. The normalized spacial score (nSPS) is 10.5.